The first kappa shape index (κ1) is 15.0. The molecule has 4 saturated carbocycles. The molecule has 1 heterocycles. The number of carbonyl (C=O) groups excluding carboxylic acids is 1. The SMILES string of the molecule is C[C@@H]1CN(C(=O)C23CC4C[C@@](C)(C2)C[C@@](C)(C4)C3)C[C@@H](C)O1. The van der Waals surface area contributed by atoms with E-state index in [9.17, 15) is 4.79 Å². The highest BCUT2D eigenvalue weighted by Crippen LogP contribution is 2.69. The van der Waals surface area contributed by atoms with Gasteiger partial charge in [-0.2, -0.15) is 0 Å². The highest BCUT2D eigenvalue weighted by molar-refractivity contribution is 5.83. The molecule has 5 fully saturated rings. The zero-order valence-corrected chi connectivity index (χ0v) is 14.7. The summed E-state index contributed by atoms with van der Waals surface area (Å²) < 4.78 is 5.83. The fraction of sp³-hybridized carbons (Fsp3) is 0.947. The fourth-order valence-electron chi connectivity index (χ4n) is 7.37. The van der Waals surface area contributed by atoms with Crippen LogP contribution in [0, 0.1) is 22.2 Å². The molecule has 0 aromatic carbocycles. The van der Waals surface area contributed by atoms with Crippen molar-refractivity contribution in [2.24, 2.45) is 22.2 Å². The van der Waals surface area contributed by atoms with E-state index in [1.54, 1.807) is 0 Å². The van der Waals surface area contributed by atoms with E-state index in [2.05, 4.69) is 32.6 Å². The number of morpholine rings is 1. The summed E-state index contributed by atoms with van der Waals surface area (Å²) in [7, 11) is 0. The molecule has 1 aliphatic heterocycles. The summed E-state index contributed by atoms with van der Waals surface area (Å²) in [5.74, 6) is 1.24. The van der Waals surface area contributed by atoms with Gasteiger partial charge in [-0.05, 0) is 69.1 Å². The molecule has 1 amide bonds. The lowest BCUT2D eigenvalue weighted by atomic mass is 9.40. The van der Waals surface area contributed by atoms with Gasteiger partial charge in [-0.1, -0.05) is 13.8 Å². The molecule has 3 nitrogen and oxygen atoms in total. The molecule has 5 rings (SSSR count). The Kier molecular flexibility index (Phi) is 3.06. The van der Waals surface area contributed by atoms with Gasteiger partial charge in [-0.3, -0.25) is 4.79 Å². The van der Waals surface area contributed by atoms with Gasteiger partial charge in [0, 0.05) is 13.1 Å². The first-order chi connectivity index (χ1) is 10.2. The summed E-state index contributed by atoms with van der Waals surface area (Å²) >= 11 is 0. The van der Waals surface area contributed by atoms with E-state index < -0.39 is 0 Å². The molecule has 0 spiro atoms. The summed E-state index contributed by atoms with van der Waals surface area (Å²) in [5.41, 5.74) is 0.764. The third-order valence-corrected chi connectivity index (χ3v) is 6.79. The average Bonchev–Trinajstić information content (AvgIpc) is 2.32. The molecule has 4 atom stereocenters. The second kappa shape index (κ2) is 4.49. The van der Waals surface area contributed by atoms with Crippen LogP contribution in [-0.2, 0) is 9.53 Å². The Morgan fingerprint density at radius 3 is 2.00 bits per heavy atom. The first-order valence-electron chi connectivity index (χ1n) is 9.16. The molecule has 4 bridgehead atoms. The van der Waals surface area contributed by atoms with Crippen LogP contribution < -0.4 is 0 Å². The van der Waals surface area contributed by atoms with Crippen LogP contribution in [0.4, 0.5) is 0 Å². The van der Waals surface area contributed by atoms with Gasteiger partial charge in [0.2, 0.25) is 5.91 Å². The number of hydrogen-bond donors (Lipinski definition) is 0. The van der Waals surface area contributed by atoms with Crippen LogP contribution in [0.25, 0.3) is 0 Å². The minimum absolute atomic E-state index is 0.0559. The number of hydrogen-bond acceptors (Lipinski definition) is 2. The van der Waals surface area contributed by atoms with Crippen molar-refractivity contribution in [1.82, 2.24) is 4.90 Å². The Balaban J connectivity index is 1.62. The lowest BCUT2D eigenvalue weighted by Gasteiger charge is -2.65. The van der Waals surface area contributed by atoms with E-state index in [1.165, 1.54) is 19.3 Å². The Morgan fingerprint density at radius 2 is 1.50 bits per heavy atom. The Labute approximate surface area is 134 Å². The maximum Gasteiger partial charge on any atom is 0.229 e. The predicted molar refractivity (Wildman–Crippen MR) is 86.4 cm³/mol. The van der Waals surface area contributed by atoms with Gasteiger partial charge in [0.15, 0.2) is 0 Å². The predicted octanol–water partition coefficient (Wildman–Crippen LogP) is 3.62. The van der Waals surface area contributed by atoms with Crippen molar-refractivity contribution in [2.45, 2.75) is 78.4 Å². The second-order valence-corrected chi connectivity index (χ2v) is 9.88. The number of amides is 1. The smallest absolute Gasteiger partial charge is 0.229 e. The second-order valence-electron chi connectivity index (χ2n) is 9.88. The minimum atomic E-state index is -0.0559. The summed E-state index contributed by atoms with van der Waals surface area (Å²) in [5, 5.41) is 0. The average molecular weight is 305 g/mol. The number of carbonyl (C=O) groups is 1. The van der Waals surface area contributed by atoms with Gasteiger partial charge in [-0.15, -0.1) is 0 Å². The molecule has 5 aliphatic rings. The standard InChI is InChI=1S/C19H31NO2/c1-13-8-20(9-14(2)22-13)16(21)19-7-15-5-17(3,11-19)10-18(4,6-15)12-19/h13-15H,5-12H2,1-4H3/t13-,14-,15?,17-,18-,19?/m1/s1. The molecule has 22 heavy (non-hydrogen) atoms. The van der Waals surface area contributed by atoms with Crippen molar-refractivity contribution < 1.29 is 9.53 Å². The topological polar surface area (TPSA) is 29.5 Å². The lowest BCUT2D eigenvalue weighted by molar-refractivity contribution is -0.186. The van der Waals surface area contributed by atoms with Crippen LogP contribution in [0.1, 0.15) is 66.2 Å². The summed E-state index contributed by atoms with van der Waals surface area (Å²) in [6, 6.07) is 0. The van der Waals surface area contributed by atoms with E-state index >= 15 is 0 Å². The van der Waals surface area contributed by atoms with Crippen LogP contribution in [0.2, 0.25) is 0 Å². The number of nitrogens with zero attached hydrogens (tertiary/aromatic N) is 1. The molecular formula is C19H31NO2. The van der Waals surface area contributed by atoms with Gasteiger partial charge in [0.1, 0.15) is 0 Å². The van der Waals surface area contributed by atoms with Crippen LogP contribution >= 0.6 is 0 Å². The zero-order chi connectivity index (χ0) is 15.8. The van der Waals surface area contributed by atoms with E-state index in [0.717, 1.165) is 38.3 Å². The molecule has 124 valence electrons. The third kappa shape index (κ3) is 2.23. The third-order valence-electron chi connectivity index (χ3n) is 6.79. The molecular weight excluding hydrogens is 274 g/mol. The number of rotatable bonds is 1. The van der Waals surface area contributed by atoms with E-state index in [1.807, 2.05) is 0 Å². The van der Waals surface area contributed by atoms with Crippen molar-refractivity contribution in [3.8, 4) is 0 Å². The van der Waals surface area contributed by atoms with Gasteiger partial charge in [0.05, 0.1) is 17.6 Å². The monoisotopic (exact) mass is 305 g/mol. The lowest BCUT2D eigenvalue weighted by Crippen LogP contribution is -2.62. The summed E-state index contributed by atoms with van der Waals surface area (Å²) in [6.07, 6.45) is 7.80. The molecule has 3 heteroatoms. The Hall–Kier alpha value is -0.570. The first-order valence-corrected chi connectivity index (χ1v) is 9.16. The molecule has 4 aliphatic carbocycles. The molecule has 0 aromatic heterocycles. The van der Waals surface area contributed by atoms with Crippen LogP contribution in [0.15, 0.2) is 0 Å². The quantitative estimate of drug-likeness (QED) is 0.740. The Morgan fingerprint density at radius 1 is 0.955 bits per heavy atom. The maximum absolute atomic E-state index is 13.5. The maximum atomic E-state index is 13.5. The van der Waals surface area contributed by atoms with Crippen LogP contribution in [0.3, 0.4) is 0 Å². The number of ether oxygens (including phenoxy) is 1. The van der Waals surface area contributed by atoms with Crippen molar-refractivity contribution in [3.63, 3.8) is 0 Å². The zero-order valence-electron chi connectivity index (χ0n) is 14.7. The molecule has 0 unspecified atom stereocenters. The van der Waals surface area contributed by atoms with Crippen molar-refractivity contribution in [2.75, 3.05) is 13.1 Å². The van der Waals surface area contributed by atoms with Gasteiger partial charge < -0.3 is 9.64 Å². The highest BCUT2D eigenvalue weighted by atomic mass is 16.5. The Bertz CT molecular complexity index is 474. The molecule has 1 saturated heterocycles. The van der Waals surface area contributed by atoms with E-state index in [4.69, 9.17) is 4.74 Å². The van der Waals surface area contributed by atoms with Gasteiger partial charge in [-0.25, -0.2) is 0 Å². The summed E-state index contributed by atoms with van der Waals surface area (Å²) in [6.45, 7) is 10.6. The molecule has 0 radical (unpaired) electrons. The largest absolute Gasteiger partial charge is 0.372 e. The normalized spacial score (nSPS) is 53.8. The van der Waals surface area contributed by atoms with Crippen molar-refractivity contribution in [3.05, 3.63) is 0 Å². The molecule has 0 N–H and O–H groups in total. The summed E-state index contributed by atoms with van der Waals surface area (Å²) in [4.78, 5) is 15.6. The fourth-order valence-corrected chi connectivity index (χ4v) is 7.37. The van der Waals surface area contributed by atoms with Gasteiger partial charge >= 0.3 is 0 Å². The minimum Gasteiger partial charge on any atom is -0.372 e. The van der Waals surface area contributed by atoms with E-state index in [-0.39, 0.29) is 17.6 Å². The van der Waals surface area contributed by atoms with Crippen molar-refractivity contribution in [1.29, 1.82) is 0 Å². The van der Waals surface area contributed by atoms with Crippen LogP contribution in [0.5, 0.6) is 0 Å². The highest BCUT2D eigenvalue weighted by Gasteiger charge is 2.63. The molecule has 0 aromatic rings. The van der Waals surface area contributed by atoms with E-state index in [0.29, 0.717) is 16.7 Å². The van der Waals surface area contributed by atoms with Crippen LogP contribution in [-0.4, -0.2) is 36.1 Å². The van der Waals surface area contributed by atoms with Gasteiger partial charge in [0.25, 0.3) is 0 Å². The van der Waals surface area contributed by atoms with Crippen molar-refractivity contribution >= 4 is 5.91 Å².